The zero-order valence-corrected chi connectivity index (χ0v) is 11.9. The lowest BCUT2D eigenvalue weighted by Crippen LogP contribution is -2.58. The second-order valence-electron chi connectivity index (χ2n) is 6.10. The Hall–Kier alpha value is -1.39. The van der Waals surface area contributed by atoms with Crippen molar-refractivity contribution in [3.63, 3.8) is 0 Å². The second-order valence-corrected chi connectivity index (χ2v) is 6.10. The van der Waals surface area contributed by atoms with Crippen LogP contribution < -0.4 is 5.32 Å². The maximum atomic E-state index is 12.8. The van der Waals surface area contributed by atoms with Gasteiger partial charge in [0.1, 0.15) is 0 Å². The number of hydrogen-bond acceptors (Lipinski definition) is 3. The molecular weight excluding hydrogens is 252 g/mol. The summed E-state index contributed by atoms with van der Waals surface area (Å²) in [4.78, 5) is 14.6. The fraction of sp³-hybridized carbons (Fsp3) is 0.562. The Balaban J connectivity index is 1.89. The van der Waals surface area contributed by atoms with Crippen LogP contribution in [0, 0.1) is 5.41 Å². The van der Waals surface area contributed by atoms with Gasteiger partial charge in [-0.1, -0.05) is 30.3 Å². The van der Waals surface area contributed by atoms with Gasteiger partial charge < -0.3 is 15.3 Å². The molecule has 2 fully saturated rings. The molecule has 0 bridgehead atoms. The Bertz CT molecular complexity index is 483. The second kappa shape index (κ2) is 5.19. The molecule has 2 aliphatic rings. The first-order valence-electron chi connectivity index (χ1n) is 7.35. The van der Waals surface area contributed by atoms with Crippen LogP contribution in [0.25, 0.3) is 0 Å². The summed E-state index contributed by atoms with van der Waals surface area (Å²) in [6.45, 7) is 1.66. The number of aliphatic hydroxyl groups is 1. The number of nitrogens with one attached hydrogen (secondary N) is 1. The van der Waals surface area contributed by atoms with Gasteiger partial charge in [0.2, 0.25) is 5.91 Å². The van der Waals surface area contributed by atoms with Crippen molar-refractivity contribution in [3.05, 3.63) is 35.9 Å². The topological polar surface area (TPSA) is 52.6 Å². The van der Waals surface area contributed by atoms with E-state index in [1.165, 1.54) is 0 Å². The minimum absolute atomic E-state index is 0.170. The molecule has 4 nitrogen and oxygen atoms in total. The van der Waals surface area contributed by atoms with Gasteiger partial charge in [0.15, 0.2) is 0 Å². The maximum absolute atomic E-state index is 12.8. The first-order chi connectivity index (χ1) is 9.64. The highest BCUT2D eigenvalue weighted by atomic mass is 16.3. The zero-order valence-electron chi connectivity index (χ0n) is 11.9. The number of hydrogen-bond donors (Lipinski definition) is 2. The first kappa shape index (κ1) is 13.6. The minimum atomic E-state index is -0.500. The summed E-state index contributed by atoms with van der Waals surface area (Å²) in [6.07, 6.45) is 1.94. The van der Waals surface area contributed by atoms with Crippen LogP contribution in [0.15, 0.2) is 30.3 Å². The van der Waals surface area contributed by atoms with Crippen molar-refractivity contribution in [1.29, 1.82) is 0 Å². The number of rotatable bonds is 1. The van der Waals surface area contributed by atoms with Crippen LogP contribution >= 0.6 is 0 Å². The molecule has 108 valence electrons. The zero-order chi connectivity index (χ0) is 14.2. The number of amides is 1. The lowest BCUT2D eigenvalue weighted by molar-refractivity contribution is -0.158. The molecule has 1 aromatic rings. The third-order valence-corrected chi connectivity index (χ3v) is 4.77. The van der Waals surface area contributed by atoms with Crippen LogP contribution in [-0.4, -0.2) is 42.2 Å². The Labute approximate surface area is 119 Å². The minimum Gasteiger partial charge on any atom is -0.391 e. The summed E-state index contributed by atoms with van der Waals surface area (Å²) in [5.41, 5.74) is 0.604. The van der Waals surface area contributed by atoms with E-state index in [0.29, 0.717) is 13.0 Å². The van der Waals surface area contributed by atoms with E-state index >= 15 is 0 Å². The van der Waals surface area contributed by atoms with Crippen LogP contribution in [-0.2, 0) is 4.79 Å². The quantitative estimate of drug-likeness (QED) is 0.812. The number of carbonyl (C=O) groups is 1. The van der Waals surface area contributed by atoms with Crippen LogP contribution in [0.1, 0.15) is 30.9 Å². The number of piperidine rings is 2. The third-order valence-electron chi connectivity index (χ3n) is 4.77. The molecule has 1 amide bonds. The highest BCUT2D eigenvalue weighted by molar-refractivity contribution is 5.84. The Morgan fingerprint density at radius 2 is 2.10 bits per heavy atom. The van der Waals surface area contributed by atoms with Crippen molar-refractivity contribution < 1.29 is 9.90 Å². The lowest BCUT2D eigenvalue weighted by Gasteiger charge is -2.48. The molecule has 0 aliphatic carbocycles. The molecule has 0 radical (unpaired) electrons. The van der Waals surface area contributed by atoms with Gasteiger partial charge >= 0.3 is 0 Å². The van der Waals surface area contributed by atoms with Gasteiger partial charge in [-0.2, -0.15) is 0 Å². The number of carbonyl (C=O) groups excluding carboxylic acids is 1. The third kappa shape index (κ3) is 2.13. The molecule has 1 spiro atoms. The van der Waals surface area contributed by atoms with E-state index in [-0.39, 0.29) is 11.9 Å². The summed E-state index contributed by atoms with van der Waals surface area (Å²) >= 11 is 0. The van der Waals surface area contributed by atoms with Crippen molar-refractivity contribution in [2.75, 3.05) is 20.1 Å². The van der Waals surface area contributed by atoms with Crippen LogP contribution in [0.5, 0.6) is 0 Å². The Kier molecular flexibility index (Phi) is 3.52. The number of likely N-dealkylation sites (tertiary alicyclic amines) is 1. The molecule has 3 atom stereocenters. The summed E-state index contributed by atoms with van der Waals surface area (Å²) < 4.78 is 0. The van der Waals surface area contributed by atoms with Gasteiger partial charge in [-0.3, -0.25) is 4.79 Å². The average molecular weight is 274 g/mol. The smallest absolute Gasteiger partial charge is 0.230 e. The fourth-order valence-corrected chi connectivity index (χ4v) is 3.78. The molecule has 2 heterocycles. The molecule has 2 N–H and O–H groups in total. The number of benzene rings is 1. The molecule has 0 saturated carbocycles. The summed E-state index contributed by atoms with van der Waals surface area (Å²) in [6, 6.07) is 9.59. The molecule has 1 aromatic carbocycles. The van der Waals surface area contributed by atoms with Crippen molar-refractivity contribution in [1.82, 2.24) is 10.2 Å². The normalized spacial score (nSPS) is 34.5. The van der Waals surface area contributed by atoms with Gasteiger partial charge in [-0.25, -0.2) is 0 Å². The standard InChI is InChI=1S/C16H22N2O2/c1-18-14(12-6-3-2-4-7-12)13(19)10-16(15(18)20)8-5-9-17-11-16/h2-4,6-7,13-14,17,19H,5,8-11H2,1H3/t13-,14+,16-/m1/s1. The molecule has 0 aromatic heterocycles. The van der Waals surface area contributed by atoms with Crippen molar-refractivity contribution in [2.24, 2.45) is 5.41 Å². The molecule has 0 unspecified atom stereocenters. The van der Waals surface area contributed by atoms with Gasteiger partial charge in [0, 0.05) is 13.6 Å². The van der Waals surface area contributed by atoms with E-state index in [9.17, 15) is 9.90 Å². The first-order valence-corrected chi connectivity index (χ1v) is 7.35. The van der Waals surface area contributed by atoms with Gasteiger partial charge in [-0.15, -0.1) is 0 Å². The highest BCUT2D eigenvalue weighted by Gasteiger charge is 2.50. The van der Waals surface area contributed by atoms with E-state index in [2.05, 4.69) is 5.32 Å². The largest absolute Gasteiger partial charge is 0.391 e. The van der Waals surface area contributed by atoms with Crippen LogP contribution in [0.3, 0.4) is 0 Å². The van der Waals surface area contributed by atoms with E-state index < -0.39 is 11.5 Å². The molecule has 2 aliphatic heterocycles. The predicted octanol–water partition coefficient (Wildman–Crippen LogP) is 1.32. The molecule has 2 saturated heterocycles. The summed E-state index contributed by atoms with van der Waals surface area (Å²) in [7, 11) is 1.82. The number of nitrogens with zero attached hydrogens (tertiary/aromatic N) is 1. The Morgan fingerprint density at radius 1 is 1.35 bits per heavy atom. The SMILES string of the molecule is CN1C(=O)[C@]2(CCCNC2)C[C@@H](O)[C@@H]1c1ccccc1. The monoisotopic (exact) mass is 274 g/mol. The molecular formula is C16H22N2O2. The maximum Gasteiger partial charge on any atom is 0.230 e. The van der Waals surface area contributed by atoms with E-state index in [1.54, 1.807) is 4.90 Å². The number of likely N-dealkylation sites (N-methyl/N-ethyl adjacent to an activating group) is 1. The lowest BCUT2D eigenvalue weighted by atomic mass is 9.70. The predicted molar refractivity (Wildman–Crippen MR) is 77.1 cm³/mol. The van der Waals surface area contributed by atoms with Crippen molar-refractivity contribution >= 4 is 5.91 Å². The summed E-state index contributed by atoms with van der Waals surface area (Å²) in [5, 5.41) is 13.9. The van der Waals surface area contributed by atoms with E-state index in [1.807, 2.05) is 37.4 Å². The van der Waals surface area contributed by atoms with Gasteiger partial charge in [-0.05, 0) is 31.4 Å². The molecule has 20 heavy (non-hydrogen) atoms. The highest BCUT2D eigenvalue weighted by Crippen LogP contribution is 2.43. The van der Waals surface area contributed by atoms with Gasteiger partial charge in [0.25, 0.3) is 0 Å². The fourth-order valence-electron chi connectivity index (χ4n) is 3.78. The Morgan fingerprint density at radius 3 is 2.75 bits per heavy atom. The van der Waals surface area contributed by atoms with E-state index in [4.69, 9.17) is 0 Å². The van der Waals surface area contributed by atoms with Crippen LogP contribution in [0.2, 0.25) is 0 Å². The van der Waals surface area contributed by atoms with Crippen molar-refractivity contribution in [2.45, 2.75) is 31.4 Å². The van der Waals surface area contributed by atoms with Crippen molar-refractivity contribution in [3.8, 4) is 0 Å². The molecule has 3 rings (SSSR count). The average Bonchev–Trinajstić information content (AvgIpc) is 2.47. The van der Waals surface area contributed by atoms with Crippen LogP contribution in [0.4, 0.5) is 0 Å². The molecule has 4 heteroatoms. The number of aliphatic hydroxyl groups excluding tert-OH is 1. The van der Waals surface area contributed by atoms with Gasteiger partial charge in [0.05, 0.1) is 17.6 Å². The summed E-state index contributed by atoms with van der Waals surface area (Å²) in [5.74, 6) is 0.170. The van der Waals surface area contributed by atoms with E-state index in [0.717, 1.165) is 24.9 Å².